The van der Waals surface area contributed by atoms with Crippen LogP contribution in [-0.2, 0) is 6.54 Å². The van der Waals surface area contributed by atoms with Gasteiger partial charge in [0, 0.05) is 5.56 Å². The molecule has 0 aliphatic rings. The molecular weight excluding hydrogens is 304 g/mol. The molecule has 0 unspecified atom stereocenters. The highest BCUT2D eigenvalue weighted by molar-refractivity contribution is 7.71. The molecule has 0 aliphatic carbocycles. The molecule has 0 aliphatic heterocycles. The Morgan fingerprint density at radius 1 is 1.20 bits per heavy atom. The van der Waals surface area contributed by atoms with E-state index < -0.39 is 11.6 Å². The summed E-state index contributed by atoms with van der Waals surface area (Å²) in [6.07, 6.45) is 0. The molecule has 20 heavy (non-hydrogen) atoms. The second kappa shape index (κ2) is 4.96. The molecule has 1 N–H and O–H groups in total. The van der Waals surface area contributed by atoms with Crippen LogP contribution in [0.5, 0.6) is 0 Å². The van der Waals surface area contributed by atoms with Gasteiger partial charge in [0.15, 0.2) is 10.4 Å². The van der Waals surface area contributed by atoms with Crippen LogP contribution in [0.4, 0.5) is 8.78 Å². The summed E-state index contributed by atoms with van der Waals surface area (Å²) in [5.74, 6) is -1.24. The molecule has 7 heteroatoms. The smallest absolute Gasteiger partial charge is 0.179 e. The van der Waals surface area contributed by atoms with Crippen molar-refractivity contribution in [1.29, 1.82) is 0 Å². The molecular formula is C13H8ClF2N3S. The lowest BCUT2D eigenvalue weighted by atomic mass is 10.2. The predicted molar refractivity (Wildman–Crippen MR) is 75.4 cm³/mol. The van der Waals surface area contributed by atoms with Gasteiger partial charge in [-0.05, 0) is 36.5 Å². The summed E-state index contributed by atoms with van der Waals surface area (Å²) < 4.78 is 29.3. The number of aromatic amines is 1. The molecule has 3 aromatic rings. The standard InChI is InChI=1S/C13H8ClF2N3S/c14-11-5-4-10-12(18-11)19(13(20)17-10)6-7-8(15)2-1-3-9(7)16/h1-5H,6H2,(H,17,20). The fraction of sp³-hybridized carbons (Fsp3) is 0.0769. The van der Waals surface area contributed by atoms with Crippen molar-refractivity contribution in [3.05, 3.63) is 57.5 Å². The molecule has 0 bridgehead atoms. The topological polar surface area (TPSA) is 33.6 Å². The fourth-order valence-electron chi connectivity index (χ4n) is 2.00. The lowest BCUT2D eigenvalue weighted by Crippen LogP contribution is -2.05. The van der Waals surface area contributed by atoms with Crippen LogP contribution in [0, 0.1) is 16.4 Å². The molecule has 2 heterocycles. The average molecular weight is 312 g/mol. The van der Waals surface area contributed by atoms with Gasteiger partial charge >= 0.3 is 0 Å². The van der Waals surface area contributed by atoms with Crippen LogP contribution in [0.3, 0.4) is 0 Å². The Hall–Kier alpha value is -1.79. The van der Waals surface area contributed by atoms with Crippen LogP contribution in [0.1, 0.15) is 5.56 Å². The highest BCUT2D eigenvalue weighted by Crippen LogP contribution is 2.19. The zero-order valence-corrected chi connectivity index (χ0v) is 11.6. The highest BCUT2D eigenvalue weighted by atomic mass is 35.5. The minimum atomic E-state index is -0.622. The normalized spacial score (nSPS) is 11.2. The van der Waals surface area contributed by atoms with E-state index in [0.717, 1.165) is 0 Å². The van der Waals surface area contributed by atoms with Crippen LogP contribution in [0.15, 0.2) is 30.3 Å². The maximum Gasteiger partial charge on any atom is 0.179 e. The highest BCUT2D eigenvalue weighted by Gasteiger charge is 2.13. The largest absolute Gasteiger partial charge is 0.329 e. The Morgan fingerprint density at radius 2 is 1.90 bits per heavy atom. The van der Waals surface area contributed by atoms with Crippen LogP contribution < -0.4 is 0 Å². The summed E-state index contributed by atoms with van der Waals surface area (Å²) in [4.78, 5) is 7.06. The third kappa shape index (κ3) is 2.21. The van der Waals surface area contributed by atoms with E-state index in [-0.39, 0.29) is 17.3 Å². The number of nitrogens with zero attached hydrogens (tertiary/aromatic N) is 2. The number of nitrogens with one attached hydrogen (secondary N) is 1. The van der Waals surface area contributed by atoms with E-state index in [4.69, 9.17) is 23.8 Å². The van der Waals surface area contributed by atoms with E-state index in [1.165, 1.54) is 22.8 Å². The molecule has 0 saturated heterocycles. The van der Waals surface area contributed by atoms with Crippen LogP contribution in [0.25, 0.3) is 11.2 Å². The molecule has 102 valence electrons. The van der Waals surface area contributed by atoms with Crippen molar-refractivity contribution in [1.82, 2.24) is 14.5 Å². The van der Waals surface area contributed by atoms with Crippen molar-refractivity contribution in [3.63, 3.8) is 0 Å². The maximum absolute atomic E-state index is 13.7. The minimum Gasteiger partial charge on any atom is -0.329 e. The van der Waals surface area contributed by atoms with Crippen molar-refractivity contribution in [2.45, 2.75) is 6.54 Å². The number of fused-ring (bicyclic) bond motifs is 1. The fourth-order valence-corrected chi connectivity index (χ4v) is 2.40. The summed E-state index contributed by atoms with van der Waals surface area (Å²) in [6.45, 7) is -0.0509. The second-order valence-electron chi connectivity index (χ2n) is 4.22. The van der Waals surface area contributed by atoms with Crippen molar-refractivity contribution >= 4 is 35.0 Å². The van der Waals surface area contributed by atoms with Crippen LogP contribution in [0.2, 0.25) is 5.15 Å². The maximum atomic E-state index is 13.7. The van der Waals surface area contributed by atoms with E-state index >= 15 is 0 Å². The number of pyridine rings is 1. The van der Waals surface area contributed by atoms with Gasteiger partial charge in [-0.2, -0.15) is 0 Å². The lowest BCUT2D eigenvalue weighted by molar-refractivity contribution is 0.545. The SMILES string of the molecule is Fc1cccc(F)c1Cn1c(=S)[nH]c2ccc(Cl)nc21. The molecule has 1 aromatic carbocycles. The van der Waals surface area contributed by atoms with Crippen LogP contribution >= 0.6 is 23.8 Å². The number of rotatable bonds is 2. The molecule has 0 fully saturated rings. The van der Waals surface area contributed by atoms with E-state index in [2.05, 4.69) is 9.97 Å². The van der Waals surface area contributed by atoms with Gasteiger partial charge in [-0.15, -0.1) is 0 Å². The first-order chi connectivity index (χ1) is 9.56. The average Bonchev–Trinajstić information content (AvgIpc) is 2.70. The lowest BCUT2D eigenvalue weighted by Gasteiger charge is -2.06. The van der Waals surface area contributed by atoms with E-state index in [1.54, 1.807) is 12.1 Å². The zero-order chi connectivity index (χ0) is 14.3. The van der Waals surface area contributed by atoms with Gasteiger partial charge in [-0.1, -0.05) is 17.7 Å². The molecule has 0 spiro atoms. The molecule has 2 aromatic heterocycles. The van der Waals surface area contributed by atoms with Crippen molar-refractivity contribution in [2.24, 2.45) is 0 Å². The number of hydrogen-bond acceptors (Lipinski definition) is 2. The Bertz CT molecular complexity index is 836. The Balaban J connectivity index is 2.18. The van der Waals surface area contributed by atoms with E-state index in [9.17, 15) is 8.78 Å². The predicted octanol–water partition coefficient (Wildman–Crippen LogP) is 4.07. The van der Waals surface area contributed by atoms with Crippen molar-refractivity contribution < 1.29 is 8.78 Å². The van der Waals surface area contributed by atoms with Crippen molar-refractivity contribution in [2.75, 3.05) is 0 Å². The van der Waals surface area contributed by atoms with Gasteiger partial charge in [-0.3, -0.25) is 4.57 Å². The minimum absolute atomic E-state index is 0.0509. The number of H-pyrrole nitrogens is 1. The number of aromatic nitrogens is 3. The summed E-state index contributed by atoms with van der Waals surface area (Å²) in [5, 5.41) is 0.286. The summed E-state index contributed by atoms with van der Waals surface area (Å²) in [7, 11) is 0. The van der Waals surface area contributed by atoms with Gasteiger partial charge in [0.05, 0.1) is 12.1 Å². The number of benzene rings is 1. The molecule has 0 atom stereocenters. The van der Waals surface area contributed by atoms with E-state index in [0.29, 0.717) is 15.9 Å². The Labute approximate surface area is 122 Å². The van der Waals surface area contributed by atoms with Gasteiger partial charge in [0.2, 0.25) is 0 Å². The quantitative estimate of drug-likeness (QED) is 0.571. The first-order valence-electron chi connectivity index (χ1n) is 5.74. The van der Waals surface area contributed by atoms with Gasteiger partial charge < -0.3 is 4.98 Å². The summed E-state index contributed by atoms with van der Waals surface area (Å²) in [5.41, 5.74) is 1.06. The van der Waals surface area contributed by atoms with Gasteiger partial charge in [-0.25, -0.2) is 13.8 Å². The van der Waals surface area contributed by atoms with Crippen LogP contribution in [-0.4, -0.2) is 14.5 Å². The number of halogens is 3. The molecule has 0 amide bonds. The molecule has 0 radical (unpaired) electrons. The molecule has 3 nitrogen and oxygen atoms in total. The Kier molecular flexibility index (Phi) is 3.27. The third-order valence-corrected chi connectivity index (χ3v) is 3.49. The number of imidazole rings is 1. The van der Waals surface area contributed by atoms with Crippen molar-refractivity contribution in [3.8, 4) is 0 Å². The molecule has 3 rings (SSSR count). The zero-order valence-electron chi connectivity index (χ0n) is 10.0. The molecule has 0 saturated carbocycles. The Morgan fingerprint density at radius 3 is 2.60 bits per heavy atom. The third-order valence-electron chi connectivity index (χ3n) is 2.96. The first-order valence-corrected chi connectivity index (χ1v) is 6.53. The number of hydrogen-bond donors (Lipinski definition) is 1. The summed E-state index contributed by atoms with van der Waals surface area (Å²) >= 11 is 11.0. The summed E-state index contributed by atoms with van der Waals surface area (Å²) in [6, 6.07) is 7.06. The monoisotopic (exact) mass is 311 g/mol. The second-order valence-corrected chi connectivity index (χ2v) is 5.00. The van der Waals surface area contributed by atoms with E-state index in [1.807, 2.05) is 0 Å². The van der Waals surface area contributed by atoms with Gasteiger partial charge in [0.1, 0.15) is 16.8 Å². The van der Waals surface area contributed by atoms with Gasteiger partial charge in [0.25, 0.3) is 0 Å². The first kappa shape index (κ1) is 13.2.